The van der Waals surface area contributed by atoms with Gasteiger partial charge in [0.05, 0.1) is 10.0 Å². The number of rotatable bonds is 5. The Morgan fingerprint density at radius 3 is 2.67 bits per heavy atom. The van der Waals surface area contributed by atoms with Gasteiger partial charge in [0.1, 0.15) is 6.54 Å². The molecule has 9 heteroatoms. The fourth-order valence-corrected chi connectivity index (χ4v) is 2.32. The van der Waals surface area contributed by atoms with E-state index in [0.717, 1.165) is 18.1 Å². The number of aliphatic imine (C=N–C) groups is 1. The first-order chi connectivity index (χ1) is 11.0. The zero-order valence-corrected chi connectivity index (χ0v) is 17.6. The molecule has 0 unspecified atom stereocenters. The highest BCUT2D eigenvalue weighted by atomic mass is 127. The minimum Gasteiger partial charge on any atom is -0.357 e. The van der Waals surface area contributed by atoms with E-state index in [9.17, 15) is 0 Å². The monoisotopic (exact) mass is 483 g/mol. The van der Waals surface area contributed by atoms with Gasteiger partial charge >= 0.3 is 0 Å². The van der Waals surface area contributed by atoms with E-state index in [2.05, 4.69) is 20.4 Å². The second kappa shape index (κ2) is 10.0. The Morgan fingerprint density at radius 2 is 2.08 bits per heavy atom. The summed E-state index contributed by atoms with van der Waals surface area (Å²) in [6, 6.07) is 5.58. The summed E-state index contributed by atoms with van der Waals surface area (Å²) in [4.78, 5) is 10.6. The molecule has 1 aromatic carbocycles. The van der Waals surface area contributed by atoms with Crippen LogP contribution < -0.4 is 5.32 Å². The van der Waals surface area contributed by atoms with Crippen molar-refractivity contribution >= 4 is 53.1 Å². The maximum atomic E-state index is 6.06. The van der Waals surface area contributed by atoms with Crippen molar-refractivity contribution in [3.05, 3.63) is 45.5 Å². The number of benzene rings is 1. The molecule has 0 saturated heterocycles. The zero-order chi connectivity index (χ0) is 16.8. The average molecular weight is 484 g/mol. The van der Waals surface area contributed by atoms with Gasteiger partial charge in [-0.05, 0) is 31.5 Å². The second-order valence-corrected chi connectivity index (χ2v) is 5.82. The molecule has 0 spiro atoms. The van der Waals surface area contributed by atoms with Gasteiger partial charge in [0.2, 0.25) is 5.89 Å². The van der Waals surface area contributed by atoms with E-state index in [1.54, 1.807) is 13.0 Å². The van der Waals surface area contributed by atoms with Crippen molar-refractivity contribution in [3.63, 3.8) is 0 Å². The smallest absolute Gasteiger partial charge is 0.248 e. The van der Waals surface area contributed by atoms with Crippen LogP contribution in [0.25, 0.3) is 0 Å². The molecule has 1 heterocycles. The first kappa shape index (κ1) is 21.0. The summed E-state index contributed by atoms with van der Waals surface area (Å²) in [6.45, 7) is 5.52. The Bertz CT molecular complexity index is 692. The van der Waals surface area contributed by atoms with Gasteiger partial charge in [0, 0.05) is 20.1 Å². The number of aromatic nitrogens is 2. The quantitative estimate of drug-likeness (QED) is 0.397. The van der Waals surface area contributed by atoms with E-state index in [1.165, 1.54) is 0 Å². The lowest BCUT2D eigenvalue weighted by Crippen LogP contribution is -2.38. The van der Waals surface area contributed by atoms with Gasteiger partial charge in [0.25, 0.3) is 0 Å². The molecule has 24 heavy (non-hydrogen) atoms. The molecular formula is C15H20Cl2IN5O. The summed E-state index contributed by atoms with van der Waals surface area (Å²) in [7, 11) is 1.95. The highest BCUT2D eigenvalue weighted by Crippen LogP contribution is 2.23. The van der Waals surface area contributed by atoms with Crippen molar-refractivity contribution in [1.29, 1.82) is 0 Å². The standard InChI is InChI=1S/C15H19Cl2N5O.HI/c1-4-18-15(19-8-14-20-10(2)21-23-14)22(3)9-11-5-6-12(16)13(17)7-11;/h5-7H,4,8-9H2,1-3H3,(H,18,19);1H. The lowest BCUT2D eigenvalue weighted by atomic mass is 10.2. The molecule has 6 nitrogen and oxygen atoms in total. The van der Waals surface area contributed by atoms with Crippen LogP contribution in [0.2, 0.25) is 10.0 Å². The van der Waals surface area contributed by atoms with Gasteiger partial charge in [-0.1, -0.05) is 34.4 Å². The summed E-state index contributed by atoms with van der Waals surface area (Å²) in [5.74, 6) is 1.83. The third-order valence-electron chi connectivity index (χ3n) is 3.03. The fourth-order valence-electron chi connectivity index (χ4n) is 2.00. The molecular weight excluding hydrogens is 464 g/mol. The Kier molecular flexibility index (Phi) is 8.79. The molecule has 2 aromatic rings. The topological polar surface area (TPSA) is 66.5 Å². The van der Waals surface area contributed by atoms with Crippen molar-refractivity contribution in [2.45, 2.75) is 26.9 Å². The van der Waals surface area contributed by atoms with Crippen LogP contribution >= 0.6 is 47.2 Å². The molecule has 1 N–H and O–H groups in total. The SMILES string of the molecule is CCNC(=NCc1nc(C)no1)N(C)Cc1ccc(Cl)c(Cl)c1.I. The van der Waals surface area contributed by atoms with Crippen molar-refractivity contribution < 1.29 is 4.52 Å². The van der Waals surface area contributed by atoms with Gasteiger partial charge in [-0.2, -0.15) is 4.98 Å². The molecule has 0 bridgehead atoms. The molecule has 0 aliphatic heterocycles. The lowest BCUT2D eigenvalue weighted by Gasteiger charge is -2.22. The number of halogens is 3. The normalized spacial score (nSPS) is 11.1. The molecule has 0 radical (unpaired) electrons. The molecule has 0 fully saturated rings. The van der Waals surface area contributed by atoms with Crippen LogP contribution in [-0.4, -0.2) is 34.6 Å². The highest BCUT2D eigenvalue weighted by molar-refractivity contribution is 14.0. The predicted octanol–water partition coefficient (Wildman–Crippen LogP) is 3.90. The van der Waals surface area contributed by atoms with E-state index in [4.69, 9.17) is 27.7 Å². The van der Waals surface area contributed by atoms with Gasteiger partial charge in [-0.25, -0.2) is 4.99 Å². The Balaban J connectivity index is 0.00000288. The van der Waals surface area contributed by atoms with Gasteiger partial charge in [0.15, 0.2) is 11.8 Å². The summed E-state index contributed by atoms with van der Waals surface area (Å²) in [5, 5.41) is 8.08. The minimum atomic E-state index is 0. The Labute approximate surface area is 168 Å². The molecule has 2 rings (SSSR count). The summed E-state index contributed by atoms with van der Waals surface area (Å²) in [5.41, 5.74) is 1.04. The molecule has 0 saturated carbocycles. The average Bonchev–Trinajstić information content (AvgIpc) is 2.92. The van der Waals surface area contributed by atoms with Crippen molar-refractivity contribution in [1.82, 2.24) is 20.4 Å². The molecule has 1 aromatic heterocycles. The van der Waals surface area contributed by atoms with E-state index in [0.29, 0.717) is 34.8 Å². The van der Waals surface area contributed by atoms with Crippen molar-refractivity contribution in [2.75, 3.05) is 13.6 Å². The second-order valence-electron chi connectivity index (χ2n) is 5.01. The van der Waals surface area contributed by atoms with E-state index in [1.807, 2.05) is 31.0 Å². The van der Waals surface area contributed by atoms with E-state index in [-0.39, 0.29) is 24.0 Å². The zero-order valence-electron chi connectivity index (χ0n) is 13.7. The van der Waals surface area contributed by atoms with Crippen LogP contribution in [0.5, 0.6) is 0 Å². The fraction of sp³-hybridized carbons (Fsp3) is 0.400. The van der Waals surface area contributed by atoms with Crippen LogP contribution in [0.15, 0.2) is 27.7 Å². The van der Waals surface area contributed by atoms with Crippen LogP contribution in [-0.2, 0) is 13.1 Å². The number of guanidine groups is 1. The molecule has 0 amide bonds. The van der Waals surface area contributed by atoms with Crippen molar-refractivity contribution in [2.24, 2.45) is 4.99 Å². The Morgan fingerprint density at radius 1 is 1.33 bits per heavy atom. The largest absolute Gasteiger partial charge is 0.357 e. The van der Waals surface area contributed by atoms with Crippen LogP contribution in [0.1, 0.15) is 24.2 Å². The van der Waals surface area contributed by atoms with Gasteiger partial charge in [-0.15, -0.1) is 24.0 Å². The first-order valence-electron chi connectivity index (χ1n) is 7.22. The molecule has 0 atom stereocenters. The van der Waals surface area contributed by atoms with E-state index >= 15 is 0 Å². The van der Waals surface area contributed by atoms with Crippen LogP contribution in [0.3, 0.4) is 0 Å². The Hall–Kier alpha value is -1.06. The first-order valence-corrected chi connectivity index (χ1v) is 7.97. The predicted molar refractivity (Wildman–Crippen MR) is 107 cm³/mol. The third kappa shape index (κ3) is 6.10. The number of nitrogens with one attached hydrogen (secondary N) is 1. The minimum absolute atomic E-state index is 0. The van der Waals surface area contributed by atoms with Crippen LogP contribution in [0.4, 0.5) is 0 Å². The number of nitrogens with zero attached hydrogens (tertiary/aromatic N) is 4. The summed E-state index contributed by atoms with van der Waals surface area (Å²) < 4.78 is 5.07. The third-order valence-corrected chi connectivity index (χ3v) is 3.77. The lowest BCUT2D eigenvalue weighted by molar-refractivity contribution is 0.375. The van der Waals surface area contributed by atoms with Gasteiger partial charge in [-0.3, -0.25) is 0 Å². The summed E-state index contributed by atoms with van der Waals surface area (Å²) >= 11 is 12.0. The maximum Gasteiger partial charge on any atom is 0.248 e. The number of hydrogen-bond donors (Lipinski definition) is 1. The summed E-state index contributed by atoms with van der Waals surface area (Å²) in [6.07, 6.45) is 0. The molecule has 0 aliphatic rings. The van der Waals surface area contributed by atoms with Crippen LogP contribution in [0, 0.1) is 6.92 Å². The molecule has 0 aliphatic carbocycles. The van der Waals surface area contributed by atoms with Gasteiger partial charge < -0.3 is 14.7 Å². The van der Waals surface area contributed by atoms with Crippen molar-refractivity contribution in [3.8, 4) is 0 Å². The highest BCUT2D eigenvalue weighted by Gasteiger charge is 2.09. The number of aryl methyl sites for hydroxylation is 1. The molecule has 132 valence electrons. The van der Waals surface area contributed by atoms with E-state index < -0.39 is 0 Å². The number of hydrogen-bond acceptors (Lipinski definition) is 4. The maximum absolute atomic E-state index is 6.06.